The third-order valence-corrected chi connectivity index (χ3v) is 8.20. The van der Waals surface area contributed by atoms with Gasteiger partial charge in [-0.2, -0.15) is 0 Å². The zero-order chi connectivity index (χ0) is 32.3. The van der Waals surface area contributed by atoms with Crippen molar-refractivity contribution in [2.45, 2.75) is 110 Å². The van der Waals surface area contributed by atoms with Crippen molar-refractivity contribution in [3.8, 4) is 5.75 Å². The molecular weight excluding hydrogens is 560 g/mol. The number of hydrogen-bond donors (Lipinski definition) is 0. The summed E-state index contributed by atoms with van der Waals surface area (Å²) in [6.45, 7) is 12.6. The maximum absolute atomic E-state index is 12.7. The number of amides is 1. The van der Waals surface area contributed by atoms with Crippen LogP contribution in [0.3, 0.4) is 0 Å². The van der Waals surface area contributed by atoms with Crippen LogP contribution in [0.4, 0.5) is 0 Å². The van der Waals surface area contributed by atoms with Crippen molar-refractivity contribution in [2.24, 2.45) is 0 Å². The van der Waals surface area contributed by atoms with Gasteiger partial charge in [0.05, 0.1) is 6.54 Å². The van der Waals surface area contributed by atoms with Crippen LogP contribution >= 0.6 is 0 Å². The van der Waals surface area contributed by atoms with Crippen LogP contribution in [-0.4, -0.2) is 41.9 Å². The zero-order valence-electron chi connectivity index (χ0n) is 28.3. The van der Waals surface area contributed by atoms with E-state index < -0.39 is 0 Å². The van der Waals surface area contributed by atoms with Gasteiger partial charge in [-0.15, -0.1) is 0 Å². The highest BCUT2D eigenvalue weighted by atomic mass is 16.5. The first kappa shape index (κ1) is 36.1. The minimum Gasteiger partial charge on any atom is -0.482 e. The normalized spacial score (nSPS) is 14.7. The van der Waals surface area contributed by atoms with Crippen molar-refractivity contribution in [1.29, 1.82) is 0 Å². The topological polar surface area (TPSA) is 63.0 Å². The summed E-state index contributed by atoms with van der Waals surface area (Å²) in [6.07, 6.45) is 25.5. The first-order valence-electron chi connectivity index (χ1n) is 17.1. The van der Waals surface area contributed by atoms with Gasteiger partial charge in [0.15, 0.2) is 0 Å². The predicted octanol–water partition coefficient (Wildman–Crippen LogP) is 8.75. The lowest BCUT2D eigenvalue weighted by Crippen LogP contribution is -2.48. The fraction of sp³-hybridized carbons (Fsp3) is 0.538. The molecule has 2 heterocycles. The fourth-order valence-corrected chi connectivity index (χ4v) is 5.25. The maximum atomic E-state index is 12.7. The second-order valence-corrected chi connectivity index (χ2v) is 13.1. The van der Waals surface area contributed by atoms with Crippen LogP contribution < -0.4 is 10.2 Å². The molecule has 0 bridgehead atoms. The Bertz CT molecular complexity index is 1280. The Morgan fingerprint density at radius 1 is 0.867 bits per heavy atom. The van der Waals surface area contributed by atoms with Crippen LogP contribution in [0.25, 0.3) is 0 Å². The molecule has 1 saturated heterocycles. The van der Waals surface area contributed by atoms with E-state index in [1.807, 2.05) is 17.0 Å². The third-order valence-electron chi connectivity index (χ3n) is 8.20. The molecule has 2 aromatic rings. The van der Waals surface area contributed by atoms with Crippen molar-refractivity contribution in [1.82, 2.24) is 9.80 Å². The largest absolute Gasteiger partial charge is 0.482 e. The Balaban J connectivity index is 1.26. The number of carbonyl (C=O) groups is 1. The average molecular weight is 617 g/mol. The Morgan fingerprint density at radius 2 is 1.49 bits per heavy atom. The number of nitrogens with zero attached hydrogens (tertiary/aromatic N) is 2. The van der Waals surface area contributed by atoms with Gasteiger partial charge < -0.3 is 14.1 Å². The van der Waals surface area contributed by atoms with Crippen LogP contribution in [0.1, 0.15) is 109 Å². The minimum absolute atomic E-state index is 0.0962. The molecule has 1 fully saturated rings. The molecular formula is C39H56N2O4. The summed E-state index contributed by atoms with van der Waals surface area (Å²) in [7, 11) is 0. The smallest absolute Gasteiger partial charge is 0.227 e. The lowest BCUT2D eigenvalue weighted by atomic mass is 9.87. The molecule has 3 rings (SSSR count). The molecule has 0 radical (unpaired) electrons. The Hall–Kier alpha value is -3.38. The molecule has 1 aliphatic rings. The van der Waals surface area contributed by atoms with Crippen molar-refractivity contribution in [3.05, 3.63) is 100 Å². The second-order valence-electron chi connectivity index (χ2n) is 13.1. The summed E-state index contributed by atoms with van der Waals surface area (Å²) in [6, 6.07) is 9.80. The summed E-state index contributed by atoms with van der Waals surface area (Å²) in [5, 5.41) is 0. The van der Waals surface area contributed by atoms with E-state index in [0.29, 0.717) is 38.4 Å². The van der Waals surface area contributed by atoms with Crippen molar-refractivity contribution in [3.63, 3.8) is 0 Å². The van der Waals surface area contributed by atoms with E-state index in [4.69, 9.17) is 9.15 Å². The third kappa shape index (κ3) is 14.1. The molecule has 45 heavy (non-hydrogen) atoms. The molecule has 0 atom stereocenters. The Labute approximate surface area is 271 Å². The Morgan fingerprint density at radius 3 is 2.09 bits per heavy atom. The van der Waals surface area contributed by atoms with Crippen LogP contribution in [0.15, 0.2) is 82.3 Å². The van der Waals surface area contributed by atoms with Gasteiger partial charge in [0.2, 0.25) is 17.1 Å². The van der Waals surface area contributed by atoms with Crippen molar-refractivity contribution >= 4 is 5.91 Å². The molecule has 6 nitrogen and oxygen atoms in total. The van der Waals surface area contributed by atoms with Gasteiger partial charge in [-0.1, -0.05) is 101 Å². The highest BCUT2D eigenvalue weighted by Gasteiger charge is 2.21. The fourth-order valence-electron chi connectivity index (χ4n) is 5.25. The molecule has 0 N–H and O–H groups in total. The maximum Gasteiger partial charge on any atom is 0.227 e. The molecule has 246 valence electrons. The first-order valence-corrected chi connectivity index (χ1v) is 17.1. The van der Waals surface area contributed by atoms with E-state index in [9.17, 15) is 9.59 Å². The van der Waals surface area contributed by atoms with E-state index in [1.54, 1.807) is 0 Å². The summed E-state index contributed by atoms with van der Waals surface area (Å²) >= 11 is 0. The number of ether oxygens (including phenoxy) is 1. The SMILES string of the molecule is CCCCCC=CCC=CCC=CCCCCC(=O)N1CCN(Cc2cc(=O)c(OCc3ccc(C(C)(C)C)cc3)co2)CC1. The quantitative estimate of drug-likeness (QED) is 0.124. The van der Waals surface area contributed by atoms with E-state index in [2.05, 4.69) is 81.2 Å². The molecule has 1 aromatic carbocycles. The van der Waals surface area contributed by atoms with Crippen LogP contribution in [-0.2, 0) is 23.4 Å². The standard InChI is InChI=1S/C39H56N2O4/c1-5-6-7-8-9-10-11-12-13-14-15-16-17-18-19-20-38(43)41-27-25-40(26-28-41)30-35-29-36(42)37(32-44-35)45-31-33-21-23-34(24-22-33)39(2,3)4/h9-10,12-13,15-16,21-24,29,32H,5-8,11,14,17-20,25-28,30-31H2,1-4H3. The van der Waals surface area contributed by atoms with E-state index >= 15 is 0 Å². The zero-order valence-corrected chi connectivity index (χ0v) is 28.3. The van der Waals surface area contributed by atoms with Gasteiger partial charge in [-0.25, -0.2) is 0 Å². The van der Waals surface area contributed by atoms with E-state index in [1.165, 1.54) is 43.6 Å². The number of piperazine rings is 1. The van der Waals surface area contributed by atoms with Gasteiger partial charge in [0.1, 0.15) is 18.6 Å². The summed E-state index contributed by atoms with van der Waals surface area (Å²) in [4.78, 5) is 29.5. The number of rotatable bonds is 18. The average Bonchev–Trinajstić information content (AvgIpc) is 3.02. The number of hydrogen-bond acceptors (Lipinski definition) is 5. The van der Waals surface area contributed by atoms with E-state index in [-0.39, 0.29) is 22.5 Å². The van der Waals surface area contributed by atoms with Gasteiger partial charge >= 0.3 is 0 Å². The molecule has 0 unspecified atom stereocenters. The number of unbranched alkanes of at least 4 members (excludes halogenated alkanes) is 5. The number of carbonyl (C=O) groups excluding carboxylic acids is 1. The minimum atomic E-state index is -0.177. The molecule has 0 aliphatic carbocycles. The van der Waals surface area contributed by atoms with Gasteiger partial charge in [0, 0.05) is 38.7 Å². The summed E-state index contributed by atoms with van der Waals surface area (Å²) in [5.41, 5.74) is 2.18. The van der Waals surface area contributed by atoms with Crippen LogP contribution in [0, 0.1) is 0 Å². The lowest BCUT2D eigenvalue weighted by Gasteiger charge is -2.34. The number of allylic oxidation sites excluding steroid dienone is 6. The van der Waals surface area contributed by atoms with Crippen molar-refractivity contribution in [2.75, 3.05) is 26.2 Å². The summed E-state index contributed by atoms with van der Waals surface area (Å²) in [5.74, 6) is 1.07. The molecule has 1 amide bonds. The molecule has 1 aliphatic heterocycles. The second kappa shape index (κ2) is 19.9. The Kier molecular flexibility index (Phi) is 16.0. The van der Waals surface area contributed by atoms with Crippen LogP contribution in [0.5, 0.6) is 5.75 Å². The molecule has 1 aromatic heterocycles. The summed E-state index contributed by atoms with van der Waals surface area (Å²) < 4.78 is 11.5. The predicted molar refractivity (Wildman–Crippen MR) is 186 cm³/mol. The monoisotopic (exact) mass is 616 g/mol. The van der Waals surface area contributed by atoms with Gasteiger partial charge in [0.25, 0.3) is 0 Å². The molecule has 0 spiro atoms. The number of benzene rings is 1. The molecule has 6 heteroatoms. The molecule has 0 saturated carbocycles. The first-order chi connectivity index (χ1) is 21.8. The van der Waals surface area contributed by atoms with Crippen molar-refractivity contribution < 1.29 is 13.9 Å². The lowest BCUT2D eigenvalue weighted by molar-refractivity contribution is -0.133. The van der Waals surface area contributed by atoms with Crippen LogP contribution in [0.2, 0.25) is 0 Å². The van der Waals surface area contributed by atoms with Gasteiger partial charge in [-0.05, 0) is 61.5 Å². The highest BCUT2D eigenvalue weighted by molar-refractivity contribution is 5.76. The highest BCUT2D eigenvalue weighted by Crippen LogP contribution is 2.22. The van der Waals surface area contributed by atoms with Gasteiger partial charge in [-0.3, -0.25) is 14.5 Å². The van der Waals surface area contributed by atoms with E-state index in [0.717, 1.165) is 50.8 Å².